The molecule has 0 aromatic heterocycles. The number of rotatable bonds is 58. The third-order valence-electron chi connectivity index (χ3n) is 14.2. The number of carbonyl (C=O) groups excluding carboxylic acids is 3. The lowest BCUT2D eigenvalue weighted by Gasteiger charge is -2.18. The van der Waals surface area contributed by atoms with Gasteiger partial charge >= 0.3 is 17.9 Å². The number of hydrogen-bond donors (Lipinski definition) is 0. The van der Waals surface area contributed by atoms with Gasteiger partial charge in [0.25, 0.3) is 0 Å². The van der Waals surface area contributed by atoms with Gasteiger partial charge in [-0.3, -0.25) is 14.4 Å². The van der Waals surface area contributed by atoms with E-state index in [-0.39, 0.29) is 31.1 Å². The fourth-order valence-corrected chi connectivity index (χ4v) is 9.48. The molecule has 0 bridgehead atoms. The van der Waals surface area contributed by atoms with Gasteiger partial charge in [0.05, 0.1) is 0 Å². The van der Waals surface area contributed by atoms with E-state index in [1.165, 1.54) is 231 Å². The summed E-state index contributed by atoms with van der Waals surface area (Å²) in [4.78, 5) is 38.3. The van der Waals surface area contributed by atoms with Crippen molar-refractivity contribution in [2.75, 3.05) is 13.2 Å². The fraction of sp³-hybridized carbons (Fsp3) is 0.891. The summed E-state index contributed by atoms with van der Waals surface area (Å²) in [7, 11) is 0. The minimum atomic E-state index is -0.774. The van der Waals surface area contributed by atoms with Crippen molar-refractivity contribution in [2.24, 2.45) is 0 Å². The average molecular weight is 986 g/mol. The monoisotopic (exact) mass is 985 g/mol. The predicted octanol–water partition coefficient (Wildman–Crippen LogP) is 21.1. The van der Waals surface area contributed by atoms with Crippen LogP contribution < -0.4 is 0 Å². The van der Waals surface area contributed by atoms with Crippen LogP contribution in [0.15, 0.2) is 24.3 Å². The Kier molecular flexibility index (Phi) is 57.7. The molecule has 6 heteroatoms. The number of allylic oxidation sites excluding steroid dienone is 4. The molecule has 0 heterocycles. The first-order chi connectivity index (χ1) is 34.5. The van der Waals surface area contributed by atoms with Crippen molar-refractivity contribution < 1.29 is 28.6 Å². The standard InChI is InChI=1S/C64H120O6/c1-4-7-10-13-16-19-22-25-28-31-32-33-34-37-39-42-45-48-51-54-57-63(66)69-60-61(70-64(67)58-55-52-49-46-43-40-36-30-27-24-21-18-15-12-9-6-3)59-68-62(65)56-53-50-47-44-41-38-35-29-26-23-20-17-14-11-8-5-2/h21,24,30,36,61H,4-20,22-23,25-29,31-35,37-60H2,1-3H3/b24-21-,36-30-. The molecule has 0 saturated heterocycles. The highest BCUT2D eigenvalue weighted by Crippen LogP contribution is 2.18. The van der Waals surface area contributed by atoms with Gasteiger partial charge in [-0.25, -0.2) is 0 Å². The minimum absolute atomic E-state index is 0.0711. The molecule has 70 heavy (non-hydrogen) atoms. The number of esters is 3. The minimum Gasteiger partial charge on any atom is -0.462 e. The topological polar surface area (TPSA) is 78.9 Å². The van der Waals surface area contributed by atoms with E-state index in [9.17, 15) is 14.4 Å². The Bertz CT molecular complexity index is 1130. The van der Waals surface area contributed by atoms with E-state index in [4.69, 9.17) is 14.2 Å². The average Bonchev–Trinajstić information content (AvgIpc) is 3.36. The molecule has 0 radical (unpaired) electrons. The van der Waals surface area contributed by atoms with E-state index >= 15 is 0 Å². The molecule has 0 aromatic rings. The molecular formula is C64H120O6. The Hall–Kier alpha value is -2.11. The Balaban J connectivity index is 4.31. The summed E-state index contributed by atoms with van der Waals surface area (Å²) < 4.78 is 16.9. The molecule has 0 aromatic carbocycles. The predicted molar refractivity (Wildman–Crippen MR) is 303 cm³/mol. The maximum absolute atomic E-state index is 12.9. The summed E-state index contributed by atoms with van der Waals surface area (Å²) in [5, 5.41) is 0. The van der Waals surface area contributed by atoms with Crippen LogP contribution >= 0.6 is 0 Å². The van der Waals surface area contributed by atoms with E-state index < -0.39 is 6.10 Å². The van der Waals surface area contributed by atoms with Crippen LogP contribution in [-0.4, -0.2) is 37.2 Å². The van der Waals surface area contributed by atoms with Gasteiger partial charge in [-0.2, -0.15) is 0 Å². The van der Waals surface area contributed by atoms with Crippen molar-refractivity contribution in [3.8, 4) is 0 Å². The second-order valence-corrected chi connectivity index (χ2v) is 21.3. The van der Waals surface area contributed by atoms with Crippen LogP contribution in [0.3, 0.4) is 0 Å². The molecule has 0 aliphatic rings. The maximum Gasteiger partial charge on any atom is 0.306 e. The van der Waals surface area contributed by atoms with Crippen LogP contribution in [0.25, 0.3) is 0 Å². The van der Waals surface area contributed by atoms with Gasteiger partial charge in [0.1, 0.15) is 13.2 Å². The lowest BCUT2D eigenvalue weighted by molar-refractivity contribution is -0.167. The van der Waals surface area contributed by atoms with Crippen LogP contribution in [0.5, 0.6) is 0 Å². The van der Waals surface area contributed by atoms with Gasteiger partial charge in [-0.05, 0) is 51.4 Å². The first-order valence-corrected chi connectivity index (χ1v) is 31.3. The summed E-state index contributed by atoms with van der Waals surface area (Å²) in [5.74, 6) is -0.858. The van der Waals surface area contributed by atoms with Crippen LogP contribution in [-0.2, 0) is 28.6 Å². The zero-order valence-corrected chi connectivity index (χ0v) is 47.3. The molecule has 0 aliphatic carbocycles. The van der Waals surface area contributed by atoms with Gasteiger partial charge in [-0.1, -0.05) is 302 Å². The summed E-state index contributed by atoms with van der Waals surface area (Å²) >= 11 is 0. The quantitative estimate of drug-likeness (QED) is 0.0261. The molecule has 0 N–H and O–H groups in total. The van der Waals surface area contributed by atoms with Crippen molar-refractivity contribution in [1.82, 2.24) is 0 Å². The highest BCUT2D eigenvalue weighted by molar-refractivity contribution is 5.71. The molecule has 412 valence electrons. The second-order valence-electron chi connectivity index (χ2n) is 21.3. The lowest BCUT2D eigenvalue weighted by atomic mass is 10.0. The largest absolute Gasteiger partial charge is 0.462 e. The van der Waals surface area contributed by atoms with Gasteiger partial charge < -0.3 is 14.2 Å². The van der Waals surface area contributed by atoms with Crippen LogP contribution in [0, 0.1) is 0 Å². The molecule has 0 amide bonds. The third-order valence-corrected chi connectivity index (χ3v) is 14.2. The zero-order chi connectivity index (χ0) is 50.7. The Morgan fingerprint density at radius 2 is 0.514 bits per heavy atom. The highest BCUT2D eigenvalue weighted by Gasteiger charge is 2.19. The summed E-state index contributed by atoms with van der Waals surface area (Å²) in [6, 6.07) is 0. The van der Waals surface area contributed by atoms with E-state index in [1.807, 2.05) is 0 Å². The van der Waals surface area contributed by atoms with E-state index in [1.54, 1.807) is 0 Å². The number of carbonyl (C=O) groups is 3. The Morgan fingerprint density at radius 1 is 0.286 bits per heavy atom. The van der Waals surface area contributed by atoms with E-state index in [0.717, 1.165) is 77.0 Å². The van der Waals surface area contributed by atoms with E-state index in [2.05, 4.69) is 45.1 Å². The van der Waals surface area contributed by atoms with Gasteiger partial charge in [-0.15, -0.1) is 0 Å². The fourth-order valence-electron chi connectivity index (χ4n) is 9.48. The summed E-state index contributed by atoms with van der Waals surface area (Å²) in [6.45, 7) is 6.68. The smallest absolute Gasteiger partial charge is 0.306 e. The number of ether oxygens (including phenoxy) is 3. The number of unbranched alkanes of at least 4 members (excludes halogenated alkanes) is 43. The highest BCUT2D eigenvalue weighted by atomic mass is 16.6. The van der Waals surface area contributed by atoms with E-state index in [0.29, 0.717) is 19.3 Å². The molecule has 0 aliphatic heterocycles. The van der Waals surface area contributed by atoms with Gasteiger partial charge in [0.15, 0.2) is 6.10 Å². The molecule has 1 unspecified atom stereocenters. The van der Waals surface area contributed by atoms with Crippen LogP contribution in [0.1, 0.15) is 348 Å². The van der Waals surface area contributed by atoms with Crippen LogP contribution in [0.4, 0.5) is 0 Å². The number of hydrogen-bond acceptors (Lipinski definition) is 6. The molecule has 6 nitrogen and oxygen atoms in total. The molecule has 0 spiro atoms. The Morgan fingerprint density at radius 3 is 0.800 bits per heavy atom. The van der Waals surface area contributed by atoms with Crippen molar-refractivity contribution in [3.63, 3.8) is 0 Å². The van der Waals surface area contributed by atoms with Crippen LogP contribution in [0.2, 0.25) is 0 Å². The van der Waals surface area contributed by atoms with Crippen molar-refractivity contribution in [1.29, 1.82) is 0 Å². The molecule has 0 rings (SSSR count). The second kappa shape index (κ2) is 59.5. The lowest BCUT2D eigenvalue weighted by Crippen LogP contribution is -2.30. The molecule has 0 fully saturated rings. The molecule has 0 saturated carbocycles. The maximum atomic E-state index is 12.9. The first kappa shape index (κ1) is 67.9. The SMILES string of the molecule is CCCCCC/C=C\C/C=C\CCCCCCCC(=O)OC(COC(=O)CCCCCCCCCCCCCCCCCC)COC(=O)CCCCCCCCCCCCCCCCCCCCCC. The molecule has 1 atom stereocenters. The third kappa shape index (κ3) is 56.8. The van der Waals surface area contributed by atoms with Gasteiger partial charge in [0.2, 0.25) is 0 Å². The molecular weight excluding hydrogens is 865 g/mol. The van der Waals surface area contributed by atoms with Crippen molar-refractivity contribution >= 4 is 17.9 Å². The summed E-state index contributed by atoms with van der Waals surface area (Å²) in [6.07, 6.45) is 70.3. The van der Waals surface area contributed by atoms with Crippen molar-refractivity contribution in [2.45, 2.75) is 354 Å². The zero-order valence-electron chi connectivity index (χ0n) is 47.3. The Labute approximate surface area is 436 Å². The summed E-state index contributed by atoms with van der Waals surface area (Å²) in [5.41, 5.74) is 0. The normalized spacial score (nSPS) is 12.1. The van der Waals surface area contributed by atoms with Gasteiger partial charge in [0, 0.05) is 19.3 Å². The van der Waals surface area contributed by atoms with Crippen molar-refractivity contribution in [3.05, 3.63) is 24.3 Å². The first-order valence-electron chi connectivity index (χ1n) is 31.3.